The molecule has 0 spiro atoms. The van der Waals surface area contributed by atoms with Gasteiger partial charge in [-0.15, -0.1) is 0 Å². The van der Waals surface area contributed by atoms with E-state index >= 15 is 0 Å². The SMILES string of the molecule is CCOC(=O)CCNC(=O)C(c1ccc(C)cc1)N(C(=O)C(CCC(N)=O)NC(=O)OC(C)(C)C)C1CC1. The molecule has 0 radical (unpaired) electrons. The summed E-state index contributed by atoms with van der Waals surface area (Å²) in [6.07, 6.45) is 0.326. The van der Waals surface area contributed by atoms with Gasteiger partial charge in [0.05, 0.1) is 13.0 Å². The molecule has 4 amide bonds. The highest BCUT2D eigenvalue weighted by atomic mass is 16.6. The summed E-state index contributed by atoms with van der Waals surface area (Å²) in [5.41, 5.74) is 6.08. The summed E-state index contributed by atoms with van der Waals surface area (Å²) in [6, 6.07) is 4.83. The zero-order chi connectivity index (χ0) is 28.5. The Morgan fingerprint density at radius 2 is 1.71 bits per heavy atom. The molecule has 2 rings (SSSR count). The van der Waals surface area contributed by atoms with E-state index in [1.165, 1.54) is 4.90 Å². The average Bonchev–Trinajstić information content (AvgIpc) is 3.64. The number of rotatable bonds is 13. The van der Waals surface area contributed by atoms with Crippen LogP contribution in [-0.2, 0) is 28.7 Å². The van der Waals surface area contributed by atoms with Crippen molar-refractivity contribution < 1.29 is 33.4 Å². The molecule has 1 aromatic carbocycles. The number of nitrogens with two attached hydrogens (primary N) is 1. The van der Waals surface area contributed by atoms with Gasteiger partial charge in [0.15, 0.2) is 0 Å². The fraction of sp³-hybridized carbons (Fsp3) is 0.593. The Labute approximate surface area is 223 Å². The van der Waals surface area contributed by atoms with E-state index in [9.17, 15) is 24.0 Å². The van der Waals surface area contributed by atoms with Crippen molar-refractivity contribution in [1.82, 2.24) is 15.5 Å². The Morgan fingerprint density at radius 3 is 2.24 bits per heavy atom. The Hall–Kier alpha value is -3.63. The van der Waals surface area contributed by atoms with Gasteiger partial charge in [-0.3, -0.25) is 19.2 Å². The lowest BCUT2D eigenvalue weighted by Gasteiger charge is -2.34. The van der Waals surface area contributed by atoms with Gasteiger partial charge < -0.3 is 30.7 Å². The van der Waals surface area contributed by atoms with Crippen molar-refractivity contribution in [2.75, 3.05) is 13.2 Å². The number of carbonyl (C=O) groups is 5. The highest BCUT2D eigenvalue weighted by molar-refractivity contribution is 5.93. The minimum absolute atomic E-state index is 0.0149. The van der Waals surface area contributed by atoms with Crippen molar-refractivity contribution in [3.8, 4) is 0 Å². The molecule has 0 saturated heterocycles. The normalized spacial score (nSPS) is 14.6. The molecule has 0 aliphatic heterocycles. The first-order valence-corrected chi connectivity index (χ1v) is 12.9. The quantitative estimate of drug-likeness (QED) is 0.329. The molecule has 0 aromatic heterocycles. The predicted molar refractivity (Wildman–Crippen MR) is 140 cm³/mol. The van der Waals surface area contributed by atoms with Gasteiger partial charge in [0.2, 0.25) is 17.7 Å². The minimum Gasteiger partial charge on any atom is -0.466 e. The van der Waals surface area contributed by atoms with E-state index in [2.05, 4.69) is 10.6 Å². The molecular weight excluding hydrogens is 492 g/mol. The number of amides is 4. The Kier molecular flexibility index (Phi) is 11.1. The summed E-state index contributed by atoms with van der Waals surface area (Å²) in [6.45, 7) is 8.95. The maximum atomic E-state index is 13.9. The van der Waals surface area contributed by atoms with Crippen LogP contribution in [0, 0.1) is 6.92 Å². The van der Waals surface area contributed by atoms with E-state index < -0.39 is 47.5 Å². The molecule has 1 aromatic rings. The van der Waals surface area contributed by atoms with E-state index in [0.29, 0.717) is 18.4 Å². The third-order valence-electron chi connectivity index (χ3n) is 5.72. The molecule has 4 N–H and O–H groups in total. The lowest BCUT2D eigenvalue weighted by atomic mass is 10.00. The van der Waals surface area contributed by atoms with Crippen molar-refractivity contribution in [3.63, 3.8) is 0 Å². The number of alkyl carbamates (subject to hydrolysis) is 1. The summed E-state index contributed by atoms with van der Waals surface area (Å²) >= 11 is 0. The predicted octanol–water partition coefficient (Wildman–Crippen LogP) is 2.26. The van der Waals surface area contributed by atoms with E-state index in [0.717, 1.165) is 5.56 Å². The minimum atomic E-state index is -1.14. The fourth-order valence-corrected chi connectivity index (χ4v) is 3.85. The molecule has 38 heavy (non-hydrogen) atoms. The van der Waals surface area contributed by atoms with Crippen molar-refractivity contribution >= 4 is 29.8 Å². The number of hydrogen-bond acceptors (Lipinski definition) is 7. The summed E-state index contributed by atoms with van der Waals surface area (Å²) in [7, 11) is 0. The van der Waals surface area contributed by atoms with Crippen molar-refractivity contribution in [3.05, 3.63) is 35.4 Å². The van der Waals surface area contributed by atoms with Crippen LogP contribution in [0.15, 0.2) is 24.3 Å². The largest absolute Gasteiger partial charge is 0.466 e. The van der Waals surface area contributed by atoms with Crippen LogP contribution < -0.4 is 16.4 Å². The number of ether oxygens (including phenoxy) is 2. The number of esters is 1. The molecule has 0 bridgehead atoms. The number of nitrogens with one attached hydrogen (secondary N) is 2. The van der Waals surface area contributed by atoms with Crippen LogP contribution in [-0.4, -0.2) is 65.5 Å². The second kappa shape index (κ2) is 13.8. The van der Waals surface area contributed by atoms with Crippen molar-refractivity contribution in [2.24, 2.45) is 5.73 Å². The molecule has 1 fully saturated rings. The third-order valence-corrected chi connectivity index (χ3v) is 5.72. The summed E-state index contributed by atoms with van der Waals surface area (Å²) < 4.78 is 10.2. The lowest BCUT2D eigenvalue weighted by molar-refractivity contribution is -0.145. The van der Waals surface area contributed by atoms with Crippen LogP contribution >= 0.6 is 0 Å². The Balaban J connectivity index is 2.37. The van der Waals surface area contributed by atoms with Crippen LogP contribution in [0.1, 0.15) is 77.0 Å². The van der Waals surface area contributed by atoms with E-state index in [-0.39, 0.29) is 38.5 Å². The standard InChI is InChI=1S/C27H40N4O7/c1-6-37-22(33)15-16-29-24(34)23(18-9-7-17(2)8-10-18)31(19-11-12-19)25(35)20(13-14-21(28)32)30-26(36)38-27(3,4)5/h7-10,19-20,23H,6,11-16H2,1-5H3,(H2,28,32)(H,29,34)(H,30,36). The first-order chi connectivity index (χ1) is 17.8. The highest BCUT2D eigenvalue weighted by Crippen LogP contribution is 2.36. The van der Waals surface area contributed by atoms with Crippen molar-refractivity contribution in [1.29, 1.82) is 0 Å². The molecule has 1 saturated carbocycles. The fourth-order valence-electron chi connectivity index (χ4n) is 3.85. The van der Waals surface area contributed by atoms with E-state index in [4.69, 9.17) is 15.2 Å². The Bertz CT molecular complexity index is 1000. The van der Waals surface area contributed by atoms with Crippen LogP contribution in [0.2, 0.25) is 0 Å². The molecule has 11 nitrogen and oxygen atoms in total. The topological polar surface area (TPSA) is 157 Å². The number of benzene rings is 1. The summed E-state index contributed by atoms with van der Waals surface area (Å²) in [4.78, 5) is 64.7. The molecule has 210 valence electrons. The summed E-state index contributed by atoms with van der Waals surface area (Å²) in [5.74, 6) is -2.06. The molecular formula is C27H40N4O7. The summed E-state index contributed by atoms with van der Waals surface area (Å²) in [5, 5.41) is 5.31. The van der Waals surface area contributed by atoms with Gasteiger partial charge in [-0.1, -0.05) is 29.8 Å². The number of primary amides is 1. The zero-order valence-electron chi connectivity index (χ0n) is 22.9. The molecule has 11 heteroatoms. The molecule has 2 unspecified atom stereocenters. The number of carbonyl (C=O) groups excluding carboxylic acids is 5. The average molecular weight is 533 g/mol. The van der Waals surface area contributed by atoms with Gasteiger partial charge in [-0.2, -0.15) is 0 Å². The first-order valence-electron chi connectivity index (χ1n) is 12.9. The third kappa shape index (κ3) is 10.0. The second-order valence-corrected chi connectivity index (χ2v) is 10.3. The van der Waals surface area contributed by atoms with Gasteiger partial charge in [0.1, 0.15) is 17.7 Å². The molecule has 1 aliphatic rings. The monoisotopic (exact) mass is 532 g/mol. The highest BCUT2D eigenvalue weighted by Gasteiger charge is 2.44. The number of hydrogen-bond donors (Lipinski definition) is 3. The van der Waals surface area contributed by atoms with E-state index in [1.807, 2.05) is 19.1 Å². The van der Waals surface area contributed by atoms with Crippen molar-refractivity contribution in [2.45, 2.75) is 90.4 Å². The van der Waals surface area contributed by atoms with Crippen LogP contribution in [0.5, 0.6) is 0 Å². The van der Waals surface area contributed by atoms with Crippen LogP contribution in [0.3, 0.4) is 0 Å². The Morgan fingerprint density at radius 1 is 1.08 bits per heavy atom. The van der Waals surface area contributed by atoms with Crippen LogP contribution in [0.25, 0.3) is 0 Å². The van der Waals surface area contributed by atoms with Gasteiger partial charge in [0, 0.05) is 19.0 Å². The van der Waals surface area contributed by atoms with Gasteiger partial charge in [-0.25, -0.2) is 4.79 Å². The van der Waals surface area contributed by atoms with Gasteiger partial charge in [-0.05, 0) is 59.4 Å². The maximum absolute atomic E-state index is 13.9. The second-order valence-electron chi connectivity index (χ2n) is 10.3. The van der Waals surface area contributed by atoms with Gasteiger partial charge in [0.25, 0.3) is 0 Å². The molecule has 0 heterocycles. The van der Waals surface area contributed by atoms with E-state index in [1.54, 1.807) is 39.8 Å². The van der Waals surface area contributed by atoms with Crippen LogP contribution in [0.4, 0.5) is 4.79 Å². The molecule has 1 aliphatic carbocycles. The molecule has 2 atom stereocenters. The lowest BCUT2D eigenvalue weighted by Crippen LogP contribution is -2.54. The smallest absolute Gasteiger partial charge is 0.408 e. The maximum Gasteiger partial charge on any atom is 0.408 e. The number of nitrogens with zero attached hydrogens (tertiary/aromatic N) is 1. The zero-order valence-corrected chi connectivity index (χ0v) is 22.9. The first kappa shape index (κ1) is 30.6. The number of aryl methyl sites for hydroxylation is 1. The van der Waals surface area contributed by atoms with Gasteiger partial charge >= 0.3 is 12.1 Å².